The second-order valence-electron chi connectivity index (χ2n) is 7.54. The first-order chi connectivity index (χ1) is 14.4. The molecule has 1 heterocycles. The van der Waals surface area contributed by atoms with E-state index in [1.165, 1.54) is 25.2 Å². The standard InChI is InChI=1S/C21H25ClN4O3S/c1-13(26-28)18-11-24-20(12-23-18)25-21(27)16(9-14-5-3-4-6-14)15-7-8-19(30(2)29)17(22)10-15/h7-8,10-12,14,16,28H,3-6,9H2,1-2H3,(H,24,25,27)/b26-13-. The van der Waals surface area contributed by atoms with E-state index in [9.17, 15) is 9.00 Å². The van der Waals surface area contributed by atoms with Crippen LogP contribution in [-0.2, 0) is 15.6 Å². The lowest BCUT2D eigenvalue weighted by Crippen LogP contribution is -2.24. The topological polar surface area (TPSA) is 105 Å². The van der Waals surface area contributed by atoms with Crippen molar-refractivity contribution in [3.05, 3.63) is 46.9 Å². The molecule has 1 aromatic heterocycles. The fraction of sp³-hybridized carbons (Fsp3) is 0.429. The quantitative estimate of drug-likeness (QED) is 0.371. The van der Waals surface area contributed by atoms with Crippen LogP contribution in [0.5, 0.6) is 0 Å². The number of hydrogen-bond acceptors (Lipinski definition) is 6. The largest absolute Gasteiger partial charge is 0.411 e. The van der Waals surface area contributed by atoms with Crippen LogP contribution in [0.25, 0.3) is 0 Å². The first-order valence-corrected chi connectivity index (χ1v) is 11.8. The number of rotatable bonds is 7. The number of hydrogen-bond donors (Lipinski definition) is 2. The summed E-state index contributed by atoms with van der Waals surface area (Å²) < 4.78 is 11.8. The predicted molar refractivity (Wildman–Crippen MR) is 118 cm³/mol. The Morgan fingerprint density at radius 1 is 1.33 bits per heavy atom. The average molecular weight is 449 g/mol. The highest BCUT2D eigenvalue weighted by Gasteiger charge is 2.27. The van der Waals surface area contributed by atoms with E-state index in [1.54, 1.807) is 25.3 Å². The first-order valence-electron chi connectivity index (χ1n) is 9.84. The maximum Gasteiger partial charge on any atom is 0.233 e. The molecule has 0 spiro atoms. The zero-order valence-electron chi connectivity index (χ0n) is 17.0. The summed E-state index contributed by atoms with van der Waals surface area (Å²) in [5.74, 6) is 0.227. The molecule has 1 aromatic carbocycles. The summed E-state index contributed by atoms with van der Waals surface area (Å²) in [4.78, 5) is 22.1. The molecular formula is C21H25ClN4O3S. The number of oxime groups is 1. The molecule has 3 rings (SSSR count). The molecule has 160 valence electrons. The number of halogens is 1. The third-order valence-corrected chi connectivity index (χ3v) is 6.85. The monoisotopic (exact) mass is 448 g/mol. The van der Waals surface area contributed by atoms with E-state index in [4.69, 9.17) is 16.8 Å². The molecule has 0 bridgehead atoms. The third-order valence-electron chi connectivity index (χ3n) is 5.45. The highest BCUT2D eigenvalue weighted by atomic mass is 35.5. The number of carbonyl (C=O) groups is 1. The second-order valence-corrected chi connectivity index (χ2v) is 9.30. The molecule has 2 atom stereocenters. The average Bonchev–Trinajstić information content (AvgIpc) is 3.25. The van der Waals surface area contributed by atoms with Crippen molar-refractivity contribution in [3.8, 4) is 0 Å². The SMILES string of the molecule is C/C(=N/O)c1cnc(NC(=O)C(CC2CCCC2)c2ccc(S(C)=O)c(Cl)c2)cn1. The van der Waals surface area contributed by atoms with Crippen molar-refractivity contribution in [2.45, 2.75) is 49.8 Å². The van der Waals surface area contributed by atoms with Gasteiger partial charge in [0.15, 0.2) is 5.82 Å². The van der Waals surface area contributed by atoms with E-state index in [-0.39, 0.29) is 5.91 Å². The lowest BCUT2D eigenvalue weighted by Gasteiger charge is -2.21. The summed E-state index contributed by atoms with van der Waals surface area (Å²) in [5, 5.41) is 15.2. The van der Waals surface area contributed by atoms with Gasteiger partial charge in [0.05, 0.1) is 39.0 Å². The summed E-state index contributed by atoms with van der Waals surface area (Å²) >= 11 is 6.33. The number of aromatic nitrogens is 2. The highest BCUT2D eigenvalue weighted by Crippen LogP contribution is 2.36. The number of carbonyl (C=O) groups excluding carboxylic acids is 1. The molecule has 0 aliphatic heterocycles. The van der Waals surface area contributed by atoms with Gasteiger partial charge in [-0.1, -0.05) is 48.5 Å². The Balaban J connectivity index is 1.83. The van der Waals surface area contributed by atoms with Gasteiger partial charge in [0.1, 0.15) is 11.4 Å². The minimum atomic E-state index is -1.19. The number of amides is 1. The molecule has 1 saturated carbocycles. The lowest BCUT2D eigenvalue weighted by atomic mass is 9.87. The Hall–Kier alpha value is -2.32. The van der Waals surface area contributed by atoms with Gasteiger partial charge in [-0.25, -0.2) is 9.97 Å². The van der Waals surface area contributed by atoms with Gasteiger partial charge in [-0.15, -0.1) is 0 Å². The van der Waals surface area contributed by atoms with E-state index >= 15 is 0 Å². The van der Waals surface area contributed by atoms with Crippen molar-refractivity contribution in [1.29, 1.82) is 0 Å². The molecule has 0 saturated heterocycles. The third kappa shape index (κ3) is 5.43. The van der Waals surface area contributed by atoms with Crippen LogP contribution in [0, 0.1) is 5.92 Å². The zero-order chi connectivity index (χ0) is 21.7. The van der Waals surface area contributed by atoms with Gasteiger partial charge in [0.2, 0.25) is 5.91 Å². The minimum absolute atomic E-state index is 0.182. The molecule has 7 nitrogen and oxygen atoms in total. The van der Waals surface area contributed by atoms with Crippen molar-refractivity contribution in [1.82, 2.24) is 9.97 Å². The predicted octanol–water partition coefficient (Wildman–Crippen LogP) is 4.37. The van der Waals surface area contributed by atoms with Crippen molar-refractivity contribution >= 4 is 39.8 Å². The lowest BCUT2D eigenvalue weighted by molar-refractivity contribution is -0.118. The fourth-order valence-corrected chi connectivity index (χ4v) is 4.89. The highest BCUT2D eigenvalue weighted by molar-refractivity contribution is 7.84. The van der Waals surface area contributed by atoms with Crippen molar-refractivity contribution in [2.75, 3.05) is 11.6 Å². The maximum absolute atomic E-state index is 13.2. The molecule has 9 heteroatoms. The molecule has 2 N–H and O–H groups in total. The van der Waals surface area contributed by atoms with E-state index < -0.39 is 16.7 Å². The molecule has 0 radical (unpaired) electrons. The van der Waals surface area contributed by atoms with Crippen molar-refractivity contribution in [3.63, 3.8) is 0 Å². The Labute approximate surface area is 183 Å². The van der Waals surface area contributed by atoms with Crippen LogP contribution in [0.1, 0.15) is 56.2 Å². The summed E-state index contributed by atoms with van der Waals surface area (Å²) in [6.45, 7) is 1.61. The van der Waals surface area contributed by atoms with Crippen LogP contribution in [0.15, 0.2) is 40.6 Å². The van der Waals surface area contributed by atoms with E-state index in [2.05, 4.69) is 20.4 Å². The minimum Gasteiger partial charge on any atom is -0.411 e. The van der Waals surface area contributed by atoms with Gasteiger partial charge < -0.3 is 10.5 Å². The van der Waals surface area contributed by atoms with E-state index in [0.717, 1.165) is 24.8 Å². The number of nitrogens with one attached hydrogen (secondary N) is 1. The molecule has 1 amide bonds. The van der Waals surface area contributed by atoms with Gasteiger partial charge in [0.25, 0.3) is 0 Å². The second kappa shape index (κ2) is 10.1. The molecule has 1 fully saturated rings. The zero-order valence-corrected chi connectivity index (χ0v) is 18.5. The fourth-order valence-electron chi connectivity index (χ4n) is 3.78. The van der Waals surface area contributed by atoms with Gasteiger partial charge in [-0.3, -0.25) is 9.00 Å². The number of benzene rings is 1. The smallest absolute Gasteiger partial charge is 0.233 e. The Kier molecular flexibility index (Phi) is 7.55. The van der Waals surface area contributed by atoms with Crippen molar-refractivity contribution < 1.29 is 14.2 Å². The van der Waals surface area contributed by atoms with Crippen LogP contribution in [0.4, 0.5) is 5.82 Å². The Bertz CT molecular complexity index is 959. The Morgan fingerprint density at radius 3 is 2.63 bits per heavy atom. The summed E-state index contributed by atoms with van der Waals surface area (Å²) in [5.41, 5.74) is 1.56. The van der Waals surface area contributed by atoms with E-state index in [0.29, 0.717) is 33.1 Å². The van der Waals surface area contributed by atoms with Gasteiger partial charge in [0, 0.05) is 6.26 Å². The van der Waals surface area contributed by atoms with Crippen LogP contribution in [-0.4, -0.2) is 37.3 Å². The molecule has 1 aliphatic carbocycles. The summed E-state index contributed by atoms with van der Waals surface area (Å²) in [6.07, 6.45) is 9.78. The van der Waals surface area contributed by atoms with Gasteiger partial charge in [-0.2, -0.15) is 0 Å². The molecule has 2 aromatic rings. The summed E-state index contributed by atoms with van der Waals surface area (Å²) in [6, 6.07) is 5.30. The molecule has 2 unspecified atom stereocenters. The van der Waals surface area contributed by atoms with Crippen LogP contribution >= 0.6 is 11.6 Å². The van der Waals surface area contributed by atoms with Crippen LogP contribution in [0.2, 0.25) is 5.02 Å². The van der Waals surface area contributed by atoms with Gasteiger partial charge >= 0.3 is 0 Å². The normalized spacial score (nSPS) is 17.0. The molecule has 1 aliphatic rings. The molecular weight excluding hydrogens is 424 g/mol. The first kappa shape index (κ1) is 22.4. The number of anilines is 1. The Morgan fingerprint density at radius 2 is 2.07 bits per heavy atom. The van der Waals surface area contributed by atoms with Crippen LogP contribution < -0.4 is 5.32 Å². The van der Waals surface area contributed by atoms with Crippen molar-refractivity contribution in [2.24, 2.45) is 11.1 Å². The maximum atomic E-state index is 13.2. The van der Waals surface area contributed by atoms with Gasteiger partial charge in [-0.05, 0) is 37.0 Å². The molecule has 30 heavy (non-hydrogen) atoms. The summed E-state index contributed by atoms with van der Waals surface area (Å²) in [7, 11) is -1.19. The van der Waals surface area contributed by atoms with E-state index in [1.807, 2.05) is 6.07 Å². The van der Waals surface area contributed by atoms with Crippen LogP contribution in [0.3, 0.4) is 0 Å². The number of nitrogens with zero attached hydrogens (tertiary/aromatic N) is 3.